The van der Waals surface area contributed by atoms with Crippen molar-refractivity contribution in [3.8, 4) is 5.69 Å². The smallest absolute Gasteiger partial charge is 0.229 e. The van der Waals surface area contributed by atoms with Gasteiger partial charge in [-0.2, -0.15) is 0 Å². The molecule has 0 spiro atoms. The fourth-order valence-electron chi connectivity index (χ4n) is 1.80. The zero-order valence-corrected chi connectivity index (χ0v) is 11.6. The summed E-state index contributed by atoms with van der Waals surface area (Å²) in [5, 5.41) is 8.22. The molecule has 0 radical (unpaired) electrons. The molecule has 0 saturated heterocycles. The van der Waals surface area contributed by atoms with E-state index < -0.39 is 0 Å². The van der Waals surface area contributed by atoms with Crippen LogP contribution in [0.4, 0.5) is 4.39 Å². The van der Waals surface area contributed by atoms with E-state index in [0.717, 1.165) is 0 Å². The molecule has 0 saturated carbocycles. The topological polar surface area (TPSA) is 30.7 Å². The summed E-state index contributed by atoms with van der Waals surface area (Å²) in [6.07, 6.45) is 0. The van der Waals surface area contributed by atoms with Gasteiger partial charge in [0.15, 0.2) is 0 Å². The van der Waals surface area contributed by atoms with E-state index in [4.69, 9.17) is 11.6 Å². The molecule has 0 aliphatic heterocycles. The monoisotopic (exact) mass is 267 g/mol. The highest BCUT2D eigenvalue weighted by molar-refractivity contribution is 6.28. The van der Waals surface area contributed by atoms with Crippen molar-refractivity contribution in [2.75, 3.05) is 0 Å². The van der Waals surface area contributed by atoms with Crippen LogP contribution < -0.4 is 0 Å². The first-order valence-corrected chi connectivity index (χ1v) is 6.07. The van der Waals surface area contributed by atoms with Gasteiger partial charge in [0.25, 0.3) is 0 Å². The molecule has 1 aromatic heterocycles. The van der Waals surface area contributed by atoms with Gasteiger partial charge < -0.3 is 0 Å². The normalized spacial score (nSPS) is 11.9. The second-order valence-corrected chi connectivity index (χ2v) is 5.60. The van der Waals surface area contributed by atoms with Gasteiger partial charge in [-0.05, 0) is 30.7 Å². The SMILES string of the molecule is Cc1c(F)cccc1-n1c(Cl)nnc1C(C)(C)C. The summed E-state index contributed by atoms with van der Waals surface area (Å²) < 4.78 is 15.3. The van der Waals surface area contributed by atoms with Crippen LogP contribution in [0, 0.1) is 12.7 Å². The first-order chi connectivity index (χ1) is 8.32. The maximum Gasteiger partial charge on any atom is 0.229 e. The van der Waals surface area contributed by atoms with Crippen LogP contribution in [-0.2, 0) is 5.41 Å². The fourth-order valence-corrected chi connectivity index (χ4v) is 2.01. The molecule has 0 aliphatic carbocycles. The Hall–Kier alpha value is -1.42. The molecular formula is C13H15ClFN3. The lowest BCUT2D eigenvalue weighted by atomic mass is 9.95. The Morgan fingerprint density at radius 1 is 1.22 bits per heavy atom. The lowest BCUT2D eigenvalue weighted by molar-refractivity contribution is 0.531. The summed E-state index contributed by atoms with van der Waals surface area (Å²) >= 11 is 6.08. The molecule has 3 nitrogen and oxygen atoms in total. The number of benzene rings is 1. The molecule has 18 heavy (non-hydrogen) atoms. The predicted octanol–water partition coefficient (Wildman–Crippen LogP) is 3.67. The Labute approximate surface area is 111 Å². The summed E-state index contributed by atoms with van der Waals surface area (Å²) in [6, 6.07) is 4.89. The Morgan fingerprint density at radius 2 is 1.89 bits per heavy atom. The van der Waals surface area contributed by atoms with Gasteiger partial charge in [-0.15, -0.1) is 10.2 Å². The summed E-state index contributed by atoms with van der Waals surface area (Å²) in [7, 11) is 0. The average molecular weight is 268 g/mol. The fraction of sp³-hybridized carbons (Fsp3) is 0.385. The third kappa shape index (κ3) is 2.12. The van der Waals surface area contributed by atoms with E-state index in [1.54, 1.807) is 17.6 Å². The van der Waals surface area contributed by atoms with E-state index in [1.165, 1.54) is 6.07 Å². The molecule has 0 bridgehead atoms. The number of nitrogens with zero attached hydrogens (tertiary/aromatic N) is 3. The van der Waals surface area contributed by atoms with Crippen molar-refractivity contribution in [3.63, 3.8) is 0 Å². The molecule has 0 atom stereocenters. The van der Waals surface area contributed by atoms with E-state index in [-0.39, 0.29) is 16.5 Å². The third-order valence-electron chi connectivity index (χ3n) is 2.77. The van der Waals surface area contributed by atoms with Crippen molar-refractivity contribution in [2.24, 2.45) is 0 Å². The van der Waals surface area contributed by atoms with E-state index in [1.807, 2.05) is 26.8 Å². The second kappa shape index (κ2) is 4.35. The molecule has 0 amide bonds. The van der Waals surface area contributed by atoms with Crippen molar-refractivity contribution in [3.05, 3.63) is 40.7 Å². The summed E-state index contributed by atoms with van der Waals surface area (Å²) in [6.45, 7) is 7.75. The van der Waals surface area contributed by atoms with E-state index >= 15 is 0 Å². The highest BCUT2D eigenvalue weighted by Crippen LogP contribution is 2.28. The third-order valence-corrected chi connectivity index (χ3v) is 3.02. The lowest BCUT2D eigenvalue weighted by Gasteiger charge is -2.20. The largest absolute Gasteiger partial charge is 0.269 e. The Morgan fingerprint density at radius 3 is 2.50 bits per heavy atom. The van der Waals surface area contributed by atoms with Crippen LogP contribution in [0.2, 0.25) is 5.28 Å². The van der Waals surface area contributed by atoms with Gasteiger partial charge in [0.1, 0.15) is 11.6 Å². The van der Waals surface area contributed by atoms with Crippen LogP contribution in [-0.4, -0.2) is 14.8 Å². The van der Waals surface area contributed by atoms with E-state index in [2.05, 4.69) is 10.2 Å². The molecule has 1 aromatic carbocycles. The van der Waals surface area contributed by atoms with Crippen molar-refractivity contribution >= 4 is 11.6 Å². The molecule has 5 heteroatoms. The van der Waals surface area contributed by atoms with Gasteiger partial charge in [-0.25, -0.2) is 4.39 Å². The first-order valence-electron chi connectivity index (χ1n) is 5.69. The molecule has 0 unspecified atom stereocenters. The maximum absolute atomic E-state index is 13.6. The summed E-state index contributed by atoms with van der Waals surface area (Å²) in [5.74, 6) is 0.443. The Bertz CT molecular complexity index is 584. The number of hydrogen-bond acceptors (Lipinski definition) is 2. The van der Waals surface area contributed by atoms with Crippen molar-refractivity contribution in [1.29, 1.82) is 0 Å². The zero-order valence-electron chi connectivity index (χ0n) is 10.8. The number of rotatable bonds is 1. The molecule has 0 aliphatic rings. The highest BCUT2D eigenvalue weighted by Gasteiger charge is 2.25. The Kier molecular flexibility index (Phi) is 3.15. The predicted molar refractivity (Wildman–Crippen MR) is 69.8 cm³/mol. The van der Waals surface area contributed by atoms with Gasteiger partial charge >= 0.3 is 0 Å². The first kappa shape index (κ1) is 13.0. The van der Waals surface area contributed by atoms with Gasteiger partial charge in [0, 0.05) is 11.0 Å². The van der Waals surface area contributed by atoms with Gasteiger partial charge in [0.2, 0.25) is 5.28 Å². The van der Waals surface area contributed by atoms with Crippen molar-refractivity contribution < 1.29 is 4.39 Å². The molecule has 2 aromatic rings. The average Bonchev–Trinajstić information content (AvgIpc) is 2.64. The molecule has 1 heterocycles. The second-order valence-electron chi connectivity index (χ2n) is 5.26. The number of hydrogen-bond donors (Lipinski definition) is 0. The minimum absolute atomic E-state index is 0.223. The lowest BCUT2D eigenvalue weighted by Crippen LogP contribution is -2.19. The minimum Gasteiger partial charge on any atom is -0.269 e. The zero-order chi connectivity index (χ0) is 13.5. The molecule has 2 rings (SSSR count). The summed E-state index contributed by atoms with van der Waals surface area (Å²) in [4.78, 5) is 0. The van der Waals surface area contributed by atoms with Crippen LogP contribution in [0.3, 0.4) is 0 Å². The van der Waals surface area contributed by atoms with Crippen LogP contribution >= 0.6 is 11.6 Å². The van der Waals surface area contributed by atoms with Crippen LogP contribution in [0.15, 0.2) is 18.2 Å². The molecule has 0 fully saturated rings. The van der Waals surface area contributed by atoms with Gasteiger partial charge in [-0.1, -0.05) is 26.8 Å². The standard InChI is InChI=1S/C13H15ClFN3/c1-8-9(15)6-5-7-10(8)18-11(13(2,3)4)16-17-12(18)14/h5-7H,1-4H3. The van der Waals surface area contributed by atoms with E-state index in [0.29, 0.717) is 17.1 Å². The number of aromatic nitrogens is 3. The van der Waals surface area contributed by atoms with Crippen LogP contribution in [0.25, 0.3) is 5.69 Å². The van der Waals surface area contributed by atoms with Crippen LogP contribution in [0.1, 0.15) is 32.2 Å². The van der Waals surface area contributed by atoms with E-state index in [9.17, 15) is 4.39 Å². The minimum atomic E-state index is -0.267. The van der Waals surface area contributed by atoms with Crippen molar-refractivity contribution in [1.82, 2.24) is 14.8 Å². The molecular weight excluding hydrogens is 253 g/mol. The molecule has 0 N–H and O–H groups in total. The van der Waals surface area contributed by atoms with Crippen molar-refractivity contribution in [2.45, 2.75) is 33.1 Å². The Balaban J connectivity index is 2.72. The molecule has 96 valence electrons. The summed E-state index contributed by atoms with van der Waals surface area (Å²) in [5.41, 5.74) is 0.985. The number of halogens is 2. The van der Waals surface area contributed by atoms with Gasteiger partial charge in [-0.3, -0.25) is 4.57 Å². The quantitative estimate of drug-likeness (QED) is 0.789. The van der Waals surface area contributed by atoms with Crippen LogP contribution in [0.5, 0.6) is 0 Å². The van der Waals surface area contributed by atoms with Gasteiger partial charge in [0.05, 0.1) is 5.69 Å². The highest BCUT2D eigenvalue weighted by atomic mass is 35.5. The maximum atomic E-state index is 13.6.